The summed E-state index contributed by atoms with van der Waals surface area (Å²) in [5.74, 6) is -0.0915. The van der Waals surface area contributed by atoms with Crippen LogP contribution in [0.3, 0.4) is 0 Å². The molecule has 0 aromatic heterocycles. The standard InChI is InChI=1S/C25H36N4O6/c1-6-18-12-22-21(28(11-9-26-17(5)30)23(31)16(4)35-22)13-20(18)24(32)29(15(2)3)19-8-7-10-27(14-19)25(33)34/h12-13,15-16,19H,6-11,14H2,1-5H3,(H,26,30)(H,33,34)/t16-,19-/m1/s1. The Labute approximate surface area is 206 Å². The number of nitrogens with one attached hydrogen (secondary N) is 1. The molecule has 1 aromatic carbocycles. The van der Waals surface area contributed by atoms with Gasteiger partial charge in [-0.1, -0.05) is 6.92 Å². The Balaban J connectivity index is 1.99. The van der Waals surface area contributed by atoms with Crippen molar-refractivity contribution in [3.05, 3.63) is 23.3 Å². The number of benzene rings is 1. The average Bonchev–Trinajstić information content (AvgIpc) is 2.80. The van der Waals surface area contributed by atoms with E-state index in [4.69, 9.17) is 4.74 Å². The number of anilines is 1. The zero-order chi connectivity index (χ0) is 25.9. The molecule has 1 fully saturated rings. The number of carbonyl (C=O) groups is 4. The van der Waals surface area contributed by atoms with E-state index >= 15 is 0 Å². The summed E-state index contributed by atoms with van der Waals surface area (Å²) in [6.45, 7) is 10.2. The van der Waals surface area contributed by atoms with Crippen LogP contribution < -0.4 is 15.0 Å². The number of likely N-dealkylation sites (tertiary alicyclic amines) is 1. The Kier molecular flexibility index (Phi) is 8.24. The van der Waals surface area contributed by atoms with E-state index in [9.17, 15) is 24.3 Å². The van der Waals surface area contributed by atoms with Gasteiger partial charge >= 0.3 is 6.09 Å². The van der Waals surface area contributed by atoms with Crippen LogP contribution in [0.25, 0.3) is 0 Å². The van der Waals surface area contributed by atoms with Crippen molar-refractivity contribution in [3.8, 4) is 5.75 Å². The van der Waals surface area contributed by atoms with Crippen molar-refractivity contribution in [3.63, 3.8) is 0 Å². The lowest BCUT2D eigenvalue weighted by Gasteiger charge is -2.41. The second kappa shape index (κ2) is 11.0. The highest BCUT2D eigenvalue weighted by molar-refractivity contribution is 6.03. The SMILES string of the molecule is CCc1cc2c(cc1C(=O)N(C(C)C)[C@@H]1CCCN(C(=O)O)C1)N(CCNC(C)=O)C(=O)[C@@H](C)O2. The quantitative estimate of drug-likeness (QED) is 0.609. The van der Waals surface area contributed by atoms with Crippen LogP contribution in [0.4, 0.5) is 10.5 Å². The first-order valence-corrected chi connectivity index (χ1v) is 12.2. The lowest BCUT2D eigenvalue weighted by molar-refractivity contribution is -0.125. The van der Waals surface area contributed by atoms with Gasteiger partial charge in [0, 0.05) is 44.7 Å². The minimum atomic E-state index is -0.978. The third-order valence-electron chi connectivity index (χ3n) is 6.57. The molecule has 1 aromatic rings. The summed E-state index contributed by atoms with van der Waals surface area (Å²) in [6, 6.07) is 3.15. The van der Waals surface area contributed by atoms with Crippen molar-refractivity contribution >= 4 is 29.5 Å². The monoisotopic (exact) mass is 488 g/mol. The number of hydrogen-bond acceptors (Lipinski definition) is 5. The molecule has 2 aliphatic rings. The molecule has 35 heavy (non-hydrogen) atoms. The fourth-order valence-corrected chi connectivity index (χ4v) is 4.88. The number of rotatable bonds is 7. The van der Waals surface area contributed by atoms with Crippen LogP contribution in [0, 0.1) is 0 Å². The number of aryl methyl sites for hydroxylation is 1. The molecule has 0 aliphatic carbocycles. The van der Waals surface area contributed by atoms with Crippen LogP contribution in [0.1, 0.15) is 63.4 Å². The molecule has 1 saturated heterocycles. The topological polar surface area (TPSA) is 119 Å². The van der Waals surface area contributed by atoms with Crippen LogP contribution >= 0.6 is 0 Å². The maximum Gasteiger partial charge on any atom is 0.407 e. The zero-order valence-corrected chi connectivity index (χ0v) is 21.2. The molecule has 4 amide bonds. The third-order valence-corrected chi connectivity index (χ3v) is 6.57. The minimum absolute atomic E-state index is 0.143. The van der Waals surface area contributed by atoms with Crippen molar-refractivity contribution in [2.75, 3.05) is 31.1 Å². The van der Waals surface area contributed by atoms with E-state index in [0.29, 0.717) is 36.4 Å². The van der Waals surface area contributed by atoms with E-state index in [1.807, 2.05) is 26.8 Å². The first kappa shape index (κ1) is 26.3. The number of amides is 4. The van der Waals surface area contributed by atoms with E-state index in [1.165, 1.54) is 11.8 Å². The van der Waals surface area contributed by atoms with Gasteiger partial charge in [-0.15, -0.1) is 0 Å². The zero-order valence-electron chi connectivity index (χ0n) is 21.2. The van der Waals surface area contributed by atoms with Crippen LogP contribution in [0.15, 0.2) is 12.1 Å². The molecule has 10 nitrogen and oxygen atoms in total. The number of nitrogens with zero attached hydrogens (tertiary/aromatic N) is 3. The fourth-order valence-electron chi connectivity index (χ4n) is 4.88. The molecule has 2 aliphatic heterocycles. The van der Waals surface area contributed by atoms with Crippen molar-refractivity contribution in [2.45, 2.75) is 72.1 Å². The summed E-state index contributed by atoms with van der Waals surface area (Å²) >= 11 is 0. The molecule has 0 radical (unpaired) electrons. The van der Waals surface area contributed by atoms with Gasteiger partial charge in [0.1, 0.15) is 5.75 Å². The molecule has 0 saturated carbocycles. The molecule has 3 rings (SSSR count). The van der Waals surface area contributed by atoms with Gasteiger partial charge in [-0.25, -0.2) is 4.79 Å². The van der Waals surface area contributed by atoms with Gasteiger partial charge < -0.3 is 29.9 Å². The average molecular weight is 489 g/mol. The summed E-state index contributed by atoms with van der Waals surface area (Å²) in [7, 11) is 0. The van der Waals surface area contributed by atoms with Gasteiger partial charge in [-0.05, 0) is 57.7 Å². The van der Waals surface area contributed by atoms with E-state index in [2.05, 4.69) is 5.32 Å². The summed E-state index contributed by atoms with van der Waals surface area (Å²) in [5, 5.41) is 12.2. The Morgan fingerprint density at radius 3 is 2.60 bits per heavy atom. The highest BCUT2D eigenvalue weighted by Gasteiger charge is 2.36. The number of carboxylic acid groups (broad SMARTS) is 1. The lowest BCUT2D eigenvalue weighted by atomic mass is 9.97. The number of hydrogen-bond donors (Lipinski definition) is 2. The van der Waals surface area contributed by atoms with E-state index < -0.39 is 12.2 Å². The molecule has 192 valence electrons. The summed E-state index contributed by atoms with van der Waals surface area (Å²) < 4.78 is 5.87. The number of ether oxygens (including phenoxy) is 1. The first-order chi connectivity index (χ1) is 16.5. The van der Waals surface area contributed by atoms with E-state index in [1.54, 1.807) is 22.8 Å². The molecular weight excluding hydrogens is 452 g/mol. The van der Waals surface area contributed by atoms with Crippen molar-refractivity contribution in [2.24, 2.45) is 0 Å². The molecule has 2 atom stereocenters. The van der Waals surface area contributed by atoms with Crippen molar-refractivity contribution in [1.29, 1.82) is 0 Å². The summed E-state index contributed by atoms with van der Waals surface area (Å²) in [4.78, 5) is 54.4. The smallest absolute Gasteiger partial charge is 0.407 e. The number of fused-ring (bicyclic) bond motifs is 1. The summed E-state index contributed by atoms with van der Waals surface area (Å²) in [6.07, 6.45) is 0.345. The molecular formula is C25H36N4O6. The maximum atomic E-state index is 13.9. The lowest BCUT2D eigenvalue weighted by Crippen LogP contribution is -2.54. The van der Waals surface area contributed by atoms with Crippen LogP contribution in [-0.2, 0) is 16.0 Å². The van der Waals surface area contributed by atoms with Crippen LogP contribution in [0.5, 0.6) is 5.75 Å². The van der Waals surface area contributed by atoms with E-state index in [-0.39, 0.29) is 49.4 Å². The van der Waals surface area contributed by atoms with E-state index in [0.717, 1.165) is 12.0 Å². The van der Waals surface area contributed by atoms with Gasteiger partial charge in [0.2, 0.25) is 5.91 Å². The van der Waals surface area contributed by atoms with Gasteiger partial charge in [0.25, 0.3) is 11.8 Å². The van der Waals surface area contributed by atoms with Gasteiger partial charge in [-0.3, -0.25) is 14.4 Å². The highest BCUT2D eigenvalue weighted by Crippen LogP contribution is 2.37. The van der Waals surface area contributed by atoms with Crippen molar-refractivity contribution in [1.82, 2.24) is 15.1 Å². The molecule has 0 bridgehead atoms. The Morgan fingerprint density at radius 1 is 1.29 bits per heavy atom. The maximum absolute atomic E-state index is 13.9. The van der Waals surface area contributed by atoms with Crippen LogP contribution in [0.2, 0.25) is 0 Å². The second-order valence-electron chi connectivity index (χ2n) is 9.39. The molecule has 0 spiro atoms. The molecule has 2 heterocycles. The summed E-state index contributed by atoms with van der Waals surface area (Å²) in [5.41, 5.74) is 1.77. The Hall–Kier alpha value is -3.30. The van der Waals surface area contributed by atoms with Gasteiger partial charge in [0.05, 0.1) is 11.7 Å². The largest absolute Gasteiger partial charge is 0.479 e. The first-order valence-electron chi connectivity index (χ1n) is 12.2. The Bertz CT molecular complexity index is 994. The molecule has 2 N–H and O–H groups in total. The predicted octanol–water partition coefficient (Wildman–Crippen LogP) is 2.49. The molecule has 0 unspecified atom stereocenters. The number of piperidine rings is 1. The fraction of sp³-hybridized carbons (Fsp3) is 0.600. The molecule has 10 heteroatoms. The van der Waals surface area contributed by atoms with Gasteiger partial charge in [-0.2, -0.15) is 0 Å². The van der Waals surface area contributed by atoms with Crippen molar-refractivity contribution < 1.29 is 29.0 Å². The predicted molar refractivity (Wildman–Crippen MR) is 131 cm³/mol. The van der Waals surface area contributed by atoms with Crippen LogP contribution in [-0.4, -0.2) is 83.1 Å². The minimum Gasteiger partial charge on any atom is -0.479 e. The second-order valence-corrected chi connectivity index (χ2v) is 9.39. The number of carbonyl (C=O) groups excluding carboxylic acids is 3. The third kappa shape index (κ3) is 5.68. The van der Waals surface area contributed by atoms with Gasteiger partial charge in [0.15, 0.2) is 6.10 Å². The normalized spacial score (nSPS) is 19.8. The Morgan fingerprint density at radius 2 is 2.00 bits per heavy atom. The highest BCUT2D eigenvalue weighted by atomic mass is 16.5.